The van der Waals surface area contributed by atoms with Crippen LogP contribution in [0.5, 0.6) is 17.4 Å². The zero-order valence-electron chi connectivity index (χ0n) is 14.0. The number of pyridine rings is 1. The molecule has 0 amide bonds. The fourth-order valence-corrected chi connectivity index (χ4v) is 3.52. The lowest BCUT2D eigenvalue weighted by atomic mass is 9.79. The third kappa shape index (κ3) is 2.33. The van der Waals surface area contributed by atoms with E-state index in [-0.39, 0.29) is 12.7 Å². The smallest absolute Gasteiger partial charge is 0.244 e. The van der Waals surface area contributed by atoms with Gasteiger partial charge in [0.25, 0.3) is 0 Å². The molecule has 1 aromatic carbocycles. The number of benzene rings is 1. The zero-order valence-corrected chi connectivity index (χ0v) is 14.0. The second-order valence-corrected chi connectivity index (χ2v) is 6.22. The van der Waals surface area contributed by atoms with E-state index < -0.39 is 11.8 Å². The van der Waals surface area contributed by atoms with Gasteiger partial charge in [-0.25, -0.2) is 0 Å². The monoisotopic (exact) mass is 359 g/mol. The summed E-state index contributed by atoms with van der Waals surface area (Å²) in [6.07, 6.45) is 3.37. The van der Waals surface area contributed by atoms with Gasteiger partial charge in [-0.1, -0.05) is 6.07 Å². The third-order valence-corrected chi connectivity index (χ3v) is 4.77. The van der Waals surface area contributed by atoms with E-state index in [9.17, 15) is 5.26 Å². The van der Waals surface area contributed by atoms with Crippen LogP contribution in [0.3, 0.4) is 0 Å². The molecule has 0 bridgehead atoms. The van der Waals surface area contributed by atoms with Crippen molar-refractivity contribution in [2.75, 3.05) is 6.79 Å². The number of ether oxygens (including phenoxy) is 3. The highest BCUT2D eigenvalue weighted by atomic mass is 16.7. The highest BCUT2D eigenvalue weighted by Crippen LogP contribution is 2.47. The summed E-state index contributed by atoms with van der Waals surface area (Å²) in [4.78, 5) is 4.04. The van der Waals surface area contributed by atoms with Crippen LogP contribution >= 0.6 is 0 Å². The summed E-state index contributed by atoms with van der Waals surface area (Å²) >= 11 is 0. The predicted molar refractivity (Wildman–Crippen MR) is 93.7 cm³/mol. The van der Waals surface area contributed by atoms with Gasteiger partial charge in [0.15, 0.2) is 11.5 Å². The Hall–Kier alpha value is -3.86. The Morgan fingerprint density at radius 2 is 1.96 bits per heavy atom. The molecule has 27 heavy (non-hydrogen) atoms. The fraction of sp³-hybridized carbons (Fsp3) is 0.158. The summed E-state index contributed by atoms with van der Waals surface area (Å²) in [6, 6.07) is 11.5. The molecule has 2 atom stereocenters. The molecule has 2 aliphatic heterocycles. The van der Waals surface area contributed by atoms with E-state index in [0.29, 0.717) is 17.4 Å². The molecule has 0 fully saturated rings. The molecule has 8 nitrogen and oxygen atoms in total. The molecule has 0 saturated heterocycles. The van der Waals surface area contributed by atoms with Gasteiger partial charge in [0.1, 0.15) is 5.92 Å². The first-order chi connectivity index (χ1) is 13.3. The molecule has 3 aromatic rings. The number of hydrogen-bond acceptors (Lipinski definition) is 7. The van der Waals surface area contributed by atoms with Gasteiger partial charge in [0.2, 0.25) is 18.6 Å². The van der Waals surface area contributed by atoms with Crippen molar-refractivity contribution >= 4 is 5.90 Å². The molecule has 8 heteroatoms. The van der Waals surface area contributed by atoms with Gasteiger partial charge < -0.3 is 14.2 Å². The van der Waals surface area contributed by atoms with Crippen molar-refractivity contribution in [1.82, 2.24) is 15.2 Å². The summed E-state index contributed by atoms with van der Waals surface area (Å²) < 4.78 is 16.4. The van der Waals surface area contributed by atoms with E-state index in [1.807, 2.05) is 30.3 Å². The van der Waals surface area contributed by atoms with Crippen LogP contribution in [0, 0.1) is 22.7 Å². The van der Waals surface area contributed by atoms with Crippen molar-refractivity contribution in [1.29, 1.82) is 10.7 Å². The van der Waals surface area contributed by atoms with Crippen LogP contribution in [0.1, 0.15) is 17.0 Å². The number of aromatic nitrogens is 3. The zero-order chi connectivity index (χ0) is 18.4. The lowest BCUT2D eigenvalue weighted by Crippen LogP contribution is -2.30. The van der Waals surface area contributed by atoms with Crippen molar-refractivity contribution in [3.8, 4) is 34.7 Å². The highest BCUT2D eigenvalue weighted by Gasteiger charge is 2.41. The van der Waals surface area contributed by atoms with Gasteiger partial charge in [-0.05, 0) is 29.8 Å². The standard InChI is InChI=1S/C19H13N5O3/c20-8-12-15(11-1-2-13-14(7-11)26-9-25-13)16-17(10-3-5-22-6-4-10)23-24-19(16)27-18(12)21/h1-7,12,15,21H,9H2,(H,23,24). The van der Waals surface area contributed by atoms with E-state index in [4.69, 9.17) is 19.6 Å². The SMILES string of the molecule is N#CC1C(=N)Oc2n[nH]c(-c3ccncc3)c2C1c1ccc2c(c1)OCO2. The molecule has 2 N–H and O–H groups in total. The summed E-state index contributed by atoms with van der Waals surface area (Å²) in [7, 11) is 0. The summed E-state index contributed by atoms with van der Waals surface area (Å²) in [5.74, 6) is 0.258. The molecule has 0 aliphatic carbocycles. The minimum Gasteiger partial charge on any atom is -0.454 e. The Kier molecular flexibility index (Phi) is 3.33. The average molecular weight is 359 g/mol. The Morgan fingerprint density at radius 3 is 2.78 bits per heavy atom. The van der Waals surface area contributed by atoms with Gasteiger partial charge in [-0.2, -0.15) is 5.26 Å². The lowest BCUT2D eigenvalue weighted by Gasteiger charge is -2.28. The second kappa shape index (κ2) is 5.85. The van der Waals surface area contributed by atoms with Gasteiger partial charge in [0, 0.05) is 23.9 Å². The minimum atomic E-state index is -0.781. The molecule has 2 aliphatic rings. The van der Waals surface area contributed by atoms with Crippen molar-refractivity contribution in [3.63, 3.8) is 0 Å². The van der Waals surface area contributed by atoms with E-state index in [1.54, 1.807) is 12.4 Å². The predicted octanol–water partition coefficient (Wildman–Crippen LogP) is 2.84. The number of nitrogens with one attached hydrogen (secondary N) is 2. The number of hydrogen-bond donors (Lipinski definition) is 2. The van der Waals surface area contributed by atoms with E-state index in [2.05, 4.69) is 21.3 Å². The summed E-state index contributed by atoms with van der Waals surface area (Å²) in [6.45, 7) is 0.170. The molecule has 132 valence electrons. The van der Waals surface area contributed by atoms with Gasteiger partial charge in [0.05, 0.1) is 17.3 Å². The van der Waals surface area contributed by atoms with E-state index >= 15 is 0 Å². The molecule has 2 aromatic heterocycles. The van der Waals surface area contributed by atoms with Gasteiger partial charge >= 0.3 is 0 Å². The van der Waals surface area contributed by atoms with E-state index in [1.165, 1.54) is 0 Å². The van der Waals surface area contributed by atoms with Crippen LogP contribution in [-0.2, 0) is 0 Å². The molecule has 5 rings (SSSR count). The van der Waals surface area contributed by atoms with Gasteiger partial charge in [-0.15, -0.1) is 5.10 Å². The molecule has 0 saturated carbocycles. The fourth-order valence-electron chi connectivity index (χ4n) is 3.52. The molecule has 0 spiro atoms. The number of fused-ring (bicyclic) bond motifs is 2. The molecule has 4 heterocycles. The van der Waals surface area contributed by atoms with Crippen LogP contribution in [-0.4, -0.2) is 27.9 Å². The van der Waals surface area contributed by atoms with Crippen molar-refractivity contribution in [3.05, 3.63) is 53.9 Å². The number of nitriles is 1. The average Bonchev–Trinajstić information content (AvgIpc) is 3.33. The van der Waals surface area contributed by atoms with Crippen molar-refractivity contribution in [2.24, 2.45) is 5.92 Å². The molecule has 2 unspecified atom stereocenters. The normalized spacial score (nSPS) is 19.9. The Balaban J connectivity index is 1.71. The number of H-pyrrole nitrogens is 1. The topological polar surface area (TPSA) is 117 Å². The maximum absolute atomic E-state index is 9.74. The first-order valence-corrected chi connectivity index (χ1v) is 8.30. The Labute approximate surface area is 153 Å². The third-order valence-electron chi connectivity index (χ3n) is 4.77. The Morgan fingerprint density at radius 1 is 1.15 bits per heavy atom. The first-order valence-electron chi connectivity index (χ1n) is 8.30. The first kappa shape index (κ1) is 15.4. The Bertz CT molecular complexity index is 1090. The van der Waals surface area contributed by atoms with Crippen molar-refractivity contribution in [2.45, 2.75) is 5.92 Å². The molecule has 0 radical (unpaired) electrons. The number of aromatic amines is 1. The molecular formula is C19H13N5O3. The second-order valence-electron chi connectivity index (χ2n) is 6.22. The number of nitrogens with zero attached hydrogens (tertiary/aromatic N) is 3. The van der Waals surface area contributed by atoms with Crippen LogP contribution in [0.4, 0.5) is 0 Å². The summed E-state index contributed by atoms with van der Waals surface area (Å²) in [5, 5.41) is 25.1. The van der Waals surface area contributed by atoms with E-state index in [0.717, 1.165) is 22.4 Å². The van der Waals surface area contributed by atoms with Crippen LogP contribution in [0.25, 0.3) is 11.3 Å². The van der Waals surface area contributed by atoms with Crippen LogP contribution in [0.15, 0.2) is 42.7 Å². The quantitative estimate of drug-likeness (QED) is 0.726. The highest BCUT2D eigenvalue weighted by molar-refractivity contribution is 5.86. The van der Waals surface area contributed by atoms with Crippen LogP contribution < -0.4 is 14.2 Å². The van der Waals surface area contributed by atoms with Crippen molar-refractivity contribution < 1.29 is 14.2 Å². The van der Waals surface area contributed by atoms with Crippen LogP contribution in [0.2, 0.25) is 0 Å². The summed E-state index contributed by atoms with van der Waals surface area (Å²) in [5.41, 5.74) is 3.18. The minimum absolute atomic E-state index is 0.125. The molecular weight excluding hydrogens is 346 g/mol. The van der Waals surface area contributed by atoms with Gasteiger partial charge in [-0.3, -0.25) is 15.5 Å². The largest absolute Gasteiger partial charge is 0.454 e. The lowest BCUT2D eigenvalue weighted by molar-refractivity contribution is 0.174. The maximum Gasteiger partial charge on any atom is 0.244 e. The number of rotatable bonds is 2. The maximum atomic E-state index is 9.74.